The average Bonchev–Trinajstić information content (AvgIpc) is 3.14. The van der Waals surface area contributed by atoms with E-state index in [2.05, 4.69) is 20.4 Å². The molecule has 1 unspecified atom stereocenters. The number of guanidine groups is 1. The lowest BCUT2D eigenvalue weighted by molar-refractivity contribution is -0.0495. The number of ether oxygens (including phenoxy) is 1. The molecule has 3 rings (SSSR count). The highest BCUT2D eigenvalue weighted by molar-refractivity contribution is 14.0. The number of hydrogen-bond donors (Lipinski definition) is 2. The number of nitrogens with one attached hydrogen (secondary N) is 2. The molecule has 1 saturated heterocycles. The Labute approximate surface area is 185 Å². The number of halogens is 4. The first-order valence-corrected chi connectivity index (χ1v) is 9.05. The number of aliphatic imine (C=N–C) groups is 1. The summed E-state index contributed by atoms with van der Waals surface area (Å²) in [6.07, 6.45) is 0.834. The van der Waals surface area contributed by atoms with Gasteiger partial charge in [-0.1, -0.05) is 24.3 Å². The van der Waals surface area contributed by atoms with E-state index in [1.165, 1.54) is 12.1 Å². The van der Waals surface area contributed by atoms with Crippen molar-refractivity contribution in [2.75, 3.05) is 25.0 Å². The summed E-state index contributed by atoms with van der Waals surface area (Å²) in [6.45, 7) is -0.981. The number of benzene rings is 2. The molecule has 0 aliphatic carbocycles. The van der Waals surface area contributed by atoms with Crippen molar-refractivity contribution in [1.29, 1.82) is 0 Å². The standard InChI is InChI=1S/C20H23F3N4O.HI/c1-24-20(25-12-14-6-8-15(21)9-7-14)26-16-10-11-27(13-16)17-4-2-3-5-18(17)28-19(22)23;/h2-9,16,19H,10-13H2,1H3,(H2,24,25,26);1H. The summed E-state index contributed by atoms with van der Waals surface area (Å²) in [5, 5.41) is 6.54. The van der Waals surface area contributed by atoms with Crippen molar-refractivity contribution in [3.8, 4) is 5.75 Å². The second kappa shape index (κ2) is 11.1. The molecule has 0 aromatic heterocycles. The molecule has 1 atom stereocenters. The molecule has 2 aromatic carbocycles. The van der Waals surface area contributed by atoms with Crippen molar-refractivity contribution >= 4 is 35.6 Å². The smallest absolute Gasteiger partial charge is 0.387 e. The Morgan fingerprint density at radius 3 is 2.62 bits per heavy atom. The maximum atomic E-state index is 13.0. The second-order valence-corrected chi connectivity index (χ2v) is 6.47. The molecule has 5 nitrogen and oxygen atoms in total. The minimum absolute atomic E-state index is 0. The Balaban J connectivity index is 0.00000300. The predicted octanol–water partition coefficient (Wildman–Crippen LogP) is 3.99. The van der Waals surface area contributed by atoms with E-state index in [0.717, 1.165) is 18.5 Å². The summed E-state index contributed by atoms with van der Waals surface area (Å²) >= 11 is 0. The molecule has 158 valence electrons. The second-order valence-electron chi connectivity index (χ2n) is 6.47. The van der Waals surface area contributed by atoms with E-state index in [4.69, 9.17) is 0 Å². The first-order valence-electron chi connectivity index (χ1n) is 9.05. The van der Waals surface area contributed by atoms with Gasteiger partial charge in [0.05, 0.1) is 5.69 Å². The van der Waals surface area contributed by atoms with Crippen LogP contribution in [0.4, 0.5) is 18.9 Å². The van der Waals surface area contributed by atoms with Gasteiger partial charge in [-0.25, -0.2) is 4.39 Å². The lowest BCUT2D eigenvalue weighted by atomic mass is 10.2. The van der Waals surface area contributed by atoms with Crippen LogP contribution in [0.3, 0.4) is 0 Å². The van der Waals surface area contributed by atoms with Crippen molar-refractivity contribution < 1.29 is 17.9 Å². The van der Waals surface area contributed by atoms with Gasteiger partial charge in [0.1, 0.15) is 11.6 Å². The Kier molecular flexibility index (Phi) is 8.87. The summed E-state index contributed by atoms with van der Waals surface area (Å²) in [4.78, 5) is 6.23. The van der Waals surface area contributed by atoms with Crippen LogP contribution in [0.5, 0.6) is 5.75 Å². The quantitative estimate of drug-likeness (QED) is 0.344. The normalized spacial score (nSPS) is 16.5. The van der Waals surface area contributed by atoms with Gasteiger partial charge in [0.25, 0.3) is 0 Å². The summed E-state index contributed by atoms with van der Waals surface area (Å²) in [7, 11) is 1.68. The summed E-state index contributed by atoms with van der Waals surface area (Å²) in [6, 6.07) is 13.2. The van der Waals surface area contributed by atoms with Crippen LogP contribution in [0.1, 0.15) is 12.0 Å². The zero-order valence-corrected chi connectivity index (χ0v) is 18.3. The van der Waals surface area contributed by atoms with Gasteiger partial charge in [-0.05, 0) is 36.2 Å². The Morgan fingerprint density at radius 2 is 1.93 bits per heavy atom. The van der Waals surface area contributed by atoms with Crippen molar-refractivity contribution in [1.82, 2.24) is 10.6 Å². The van der Waals surface area contributed by atoms with Crippen molar-refractivity contribution in [3.05, 3.63) is 59.9 Å². The van der Waals surface area contributed by atoms with E-state index in [9.17, 15) is 13.2 Å². The number of alkyl halides is 2. The molecule has 1 fully saturated rings. The van der Waals surface area contributed by atoms with Crippen LogP contribution in [-0.2, 0) is 6.54 Å². The third-order valence-electron chi connectivity index (χ3n) is 4.55. The Morgan fingerprint density at radius 1 is 1.21 bits per heavy atom. The summed E-state index contributed by atoms with van der Waals surface area (Å²) in [5.41, 5.74) is 1.59. The fraction of sp³-hybridized carbons (Fsp3) is 0.350. The summed E-state index contributed by atoms with van der Waals surface area (Å²) < 4.78 is 42.9. The SMILES string of the molecule is CN=C(NCc1ccc(F)cc1)NC1CCN(c2ccccc2OC(F)F)C1.I. The molecule has 0 radical (unpaired) electrons. The molecule has 0 bridgehead atoms. The van der Waals surface area contributed by atoms with Crippen LogP contribution < -0.4 is 20.3 Å². The van der Waals surface area contributed by atoms with Crippen LogP contribution in [0, 0.1) is 5.82 Å². The average molecular weight is 520 g/mol. The lowest BCUT2D eigenvalue weighted by Crippen LogP contribution is -2.44. The first-order chi connectivity index (χ1) is 13.5. The van der Waals surface area contributed by atoms with Gasteiger partial charge in [0, 0.05) is 32.7 Å². The van der Waals surface area contributed by atoms with Gasteiger partial charge in [0.15, 0.2) is 5.96 Å². The van der Waals surface area contributed by atoms with Gasteiger partial charge >= 0.3 is 6.61 Å². The van der Waals surface area contributed by atoms with E-state index in [-0.39, 0.29) is 41.6 Å². The number of anilines is 1. The van der Waals surface area contributed by atoms with E-state index < -0.39 is 6.61 Å². The van der Waals surface area contributed by atoms with Gasteiger partial charge in [-0.15, -0.1) is 24.0 Å². The maximum absolute atomic E-state index is 13.0. The van der Waals surface area contributed by atoms with E-state index in [1.54, 1.807) is 43.4 Å². The highest BCUT2D eigenvalue weighted by Crippen LogP contribution is 2.31. The molecule has 0 saturated carbocycles. The largest absolute Gasteiger partial charge is 0.433 e. The molecule has 2 aromatic rings. The molecule has 1 aliphatic heterocycles. The van der Waals surface area contributed by atoms with Crippen LogP contribution in [0.2, 0.25) is 0 Å². The number of nitrogens with zero attached hydrogens (tertiary/aromatic N) is 2. The molecule has 0 amide bonds. The highest BCUT2D eigenvalue weighted by Gasteiger charge is 2.26. The molecule has 1 aliphatic rings. The lowest BCUT2D eigenvalue weighted by Gasteiger charge is -2.22. The fourth-order valence-electron chi connectivity index (χ4n) is 3.19. The van der Waals surface area contributed by atoms with Gasteiger partial charge < -0.3 is 20.3 Å². The van der Waals surface area contributed by atoms with Gasteiger partial charge in [0.2, 0.25) is 0 Å². The zero-order valence-electron chi connectivity index (χ0n) is 15.9. The molecule has 0 spiro atoms. The monoisotopic (exact) mass is 520 g/mol. The maximum Gasteiger partial charge on any atom is 0.387 e. The van der Waals surface area contributed by atoms with Crippen LogP contribution in [0.25, 0.3) is 0 Å². The van der Waals surface area contributed by atoms with Gasteiger partial charge in [-0.2, -0.15) is 8.78 Å². The van der Waals surface area contributed by atoms with Crippen LogP contribution in [0.15, 0.2) is 53.5 Å². The van der Waals surface area contributed by atoms with E-state index in [0.29, 0.717) is 24.7 Å². The third kappa shape index (κ3) is 6.69. The Hall–Kier alpha value is -2.17. The van der Waals surface area contributed by atoms with E-state index in [1.807, 2.05) is 4.90 Å². The highest BCUT2D eigenvalue weighted by atomic mass is 127. The molecular weight excluding hydrogens is 496 g/mol. The van der Waals surface area contributed by atoms with Crippen molar-refractivity contribution in [3.63, 3.8) is 0 Å². The number of hydrogen-bond acceptors (Lipinski definition) is 3. The van der Waals surface area contributed by atoms with Crippen LogP contribution in [-0.4, -0.2) is 38.8 Å². The van der Waals surface area contributed by atoms with Crippen LogP contribution >= 0.6 is 24.0 Å². The zero-order chi connectivity index (χ0) is 19.9. The Bertz CT molecular complexity index is 805. The topological polar surface area (TPSA) is 48.9 Å². The first kappa shape index (κ1) is 23.1. The van der Waals surface area contributed by atoms with Gasteiger partial charge in [-0.3, -0.25) is 4.99 Å². The molecule has 29 heavy (non-hydrogen) atoms. The number of rotatable bonds is 6. The predicted molar refractivity (Wildman–Crippen MR) is 119 cm³/mol. The van der Waals surface area contributed by atoms with Crippen molar-refractivity contribution in [2.45, 2.75) is 25.6 Å². The third-order valence-corrected chi connectivity index (χ3v) is 4.55. The minimum atomic E-state index is -2.85. The molecule has 9 heteroatoms. The molecule has 2 N–H and O–H groups in total. The van der Waals surface area contributed by atoms with Crippen molar-refractivity contribution in [2.24, 2.45) is 4.99 Å². The molecule has 1 heterocycles. The summed E-state index contributed by atoms with van der Waals surface area (Å²) in [5.74, 6) is 0.540. The number of para-hydroxylation sites is 2. The fourth-order valence-corrected chi connectivity index (χ4v) is 3.19. The van der Waals surface area contributed by atoms with E-state index >= 15 is 0 Å². The minimum Gasteiger partial charge on any atom is -0.433 e. The molecular formula is C20H24F3IN4O.